The van der Waals surface area contributed by atoms with E-state index in [0.717, 1.165) is 116 Å². The quantitative estimate of drug-likeness (QED) is 0.0261. The molecule has 0 saturated heterocycles. The number of unbranched alkanes of at least 4 members (excludes halogenated alkanes) is 35. The van der Waals surface area contributed by atoms with Crippen LogP contribution in [0.5, 0.6) is 0 Å². The number of ether oxygens (including phenoxy) is 3. The van der Waals surface area contributed by atoms with Gasteiger partial charge in [-0.15, -0.1) is 0 Å². The van der Waals surface area contributed by atoms with Crippen molar-refractivity contribution in [2.24, 2.45) is 0 Å². The summed E-state index contributed by atoms with van der Waals surface area (Å²) in [6, 6.07) is 0. The monoisotopic (exact) mass is 1150 g/mol. The summed E-state index contributed by atoms with van der Waals surface area (Å²) >= 11 is 0. The number of carbonyl (C=O) groups is 3. The van der Waals surface area contributed by atoms with E-state index in [1.807, 2.05) is 0 Å². The molecule has 0 amide bonds. The van der Waals surface area contributed by atoms with E-state index in [-0.39, 0.29) is 31.1 Å². The van der Waals surface area contributed by atoms with Crippen LogP contribution in [0, 0.1) is 0 Å². The lowest BCUT2D eigenvalue weighted by molar-refractivity contribution is -0.167. The smallest absolute Gasteiger partial charge is 0.306 e. The summed E-state index contributed by atoms with van der Waals surface area (Å²) in [5, 5.41) is 0. The fraction of sp³-hybridized carbons (Fsp3) is 0.727. The van der Waals surface area contributed by atoms with E-state index in [0.29, 0.717) is 19.3 Å². The average molecular weight is 1150 g/mol. The molecule has 0 spiro atoms. The highest BCUT2D eigenvalue weighted by Gasteiger charge is 2.19. The van der Waals surface area contributed by atoms with Gasteiger partial charge in [-0.1, -0.05) is 304 Å². The van der Waals surface area contributed by atoms with E-state index in [1.54, 1.807) is 0 Å². The number of allylic oxidation sites excluding steroid dienone is 18. The van der Waals surface area contributed by atoms with Crippen LogP contribution in [0.25, 0.3) is 0 Å². The van der Waals surface area contributed by atoms with Crippen LogP contribution in [-0.4, -0.2) is 37.2 Å². The Morgan fingerprint density at radius 2 is 0.470 bits per heavy atom. The molecule has 0 aliphatic carbocycles. The molecule has 6 heteroatoms. The van der Waals surface area contributed by atoms with Gasteiger partial charge >= 0.3 is 17.9 Å². The summed E-state index contributed by atoms with van der Waals surface area (Å²) in [4.78, 5) is 38.4. The van der Waals surface area contributed by atoms with Crippen molar-refractivity contribution in [2.75, 3.05) is 13.2 Å². The fourth-order valence-electron chi connectivity index (χ4n) is 9.94. The predicted octanol–water partition coefficient (Wildman–Crippen LogP) is 24.6. The van der Waals surface area contributed by atoms with Gasteiger partial charge in [0.2, 0.25) is 0 Å². The van der Waals surface area contributed by atoms with Gasteiger partial charge in [-0.05, 0) is 128 Å². The summed E-state index contributed by atoms with van der Waals surface area (Å²) in [7, 11) is 0. The van der Waals surface area contributed by atoms with Crippen LogP contribution in [0.3, 0.4) is 0 Å². The van der Waals surface area contributed by atoms with Crippen molar-refractivity contribution in [1.29, 1.82) is 0 Å². The first-order valence-corrected chi connectivity index (χ1v) is 35.4. The molecule has 83 heavy (non-hydrogen) atoms. The zero-order valence-electron chi connectivity index (χ0n) is 54.7. The highest BCUT2D eigenvalue weighted by Crippen LogP contribution is 2.17. The number of esters is 3. The maximum Gasteiger partial charge on any atom is 0.306 e. The SMILES string of the molecule is CC/C=C\C/C=C\C/C=C\C/C=C\C/C=C\C/C=C\CCCCCCCCCCCCCCC(=O)OCC(COC(=O)CCCCCCC/C=C\CCCCCCCCC)OC(=O)CCCCCCCCC/C=C\C/C=C\CCCCCC. The van der Waals surface area contributed by atoms with E-state index in [1.165, 1.54) is 186 Å². The Balaban J connectivity index is 4.30. The van der Waals surface area contributed by atoms with Crippen molar-refractivity contribution in [2.45, 2.75) is 348 Å². The molecule has 0 radical (unpaired) electrons. The number of carbonyl (C=O) groups excluding carboxylic acids is 3. The van der Waals surface area contributed by atoms with Crippen molar-refractivity contribution in [1.82, 2.24) is 0 Å². The summed E-state index contributed by atoms with van der Waals surface area (Å²) in [5.41, 5.74) is 0. The fourth-order valence-corrected chi connectivity index (χ4v) is 9.94. The predicted molar refractivity (Wildman–Crippen MR) is 362 cm³/mol. The first kappa shape index (κ1) is 79.1. The summed E-state index contributed by atoms with van der Waals surface area (Å²) in [5.74, 6) is -0.888. The molecule has 0 aliphatic rings. The van der Waals surface area contributed by atoms with Crippen LogP contribution in [0.15, 0.2) is 109 Å². The Hall–Kier alpha value is -3.93. The van der Waals surface area contributed by atoms with Gasteiger partial charge in [-0.3, -0.25) is 14.4 Å². The molecule has 1 atom stereocenters. The van der Waals surface area contributed by atoms with E-state index < -0.39 is 6.10 Å². The Kier molecular flexibility index (Phi) is 67.2. The van der Waals surface area contributed by atoms with E-state index >= 15 is 0 Å². The van der Waals surface area contributed by atoms with Crippen molar-refractivity contribution < 1.29 is 28.6 Å². The molecule has 0 aromatic carbocycles. The minimum Gasteiger partial charge on any atom is -0.462 e. The molecule has 0 N–H and O–H groups in total. The molecule has 0 heterocycles. The molecular weight excluding hydrogens is 1020 g/mol. The molecule has 0 aliphatic heterocycles. The van der Waals surface area contributed by atoms with Gasteiger partial charge in [0, 0.05) is 19.3 Å². The van der Waals surface area contributed by atoms with E-state index in [4.69, 9.17) is 14.2 Å². The van der Waals surface area contributed by atoms with Crippen LogP contribution in [0.2, 0.25) is 0 Å². The van der Waals surface area contributed by atoms with Crippen molar-refractivity contribution >= 4 is 17.9 Å². The summed E-state index contributed by atoms with van der Waals surface area (Å²) < 4.78 is 17.0. The second kappa shape index (κ2) is 70.6. The van der Waals surface area contributed by atoms with Gasteiger partial charge in [0.1, 0.15) is 13.2 Å². The number of rotatable bonds is 64. The Morgan fingerprint density at radius 3 is 0.759 bits per heavy atom. The lowest BCUT2D eigenvalue weighted by Gasteiger charge is -2.18. The topological polar surface area (TPSA) is 78.9 Å². The minimum absolute atomic E-state index is 0.0835. The largest absolute Gasteiger partial charge is 0.462 e. The molecule has 0 fully saturated rings. The molecule has 0 aromatic rings. The lowest BCUT2D eigenvalue weighted by atomic mass is 10.0. The van der Waals surface area contributed by atoms with Crippen molar-refractivity contribution in [3.8, 4) is 0 Å². The molecule has 1 unspecified atom stereocenters. The van der Waals surface area contributed by atoms with Gasteiger partial charge in [-0.25, -0.2) is 0 Å². The van der Waals surface area contributed by atoms with Crippen molar-refractivity contribution in [3.05, 3.63) is 109 Å². The van der Waals surface area contributed by atoms with E-state index in [9.17, 15) is 14.4 Å². The van der Waals surface area contributed by atoms with Crippen LogP contribution >= 0.6 is 0 Å². The maximum absolute atomic E-state index is 12.9. The van der Waals surface area contributed by atoms with Crippen molar-refractivity contribution in [3.63, 3.8) is 0 Å². The molecule has 0 aromatic heterocycles. The zero-order valence-corrected chi connectivity index (χ0v) is 54.7. The first-order chi connectivity index (χ1) is 41.0. The Labute approximate surface area is 514 Å². The van der Waals surface area contributed by atoms with Crippen LogP contribution < -0.4 is 0 Å². The number of hydrogen-bond acceptors (Lipinski definition) is 6. The van der Waals surface area contributed by atoms with Crippen LogP contribution in [0.1, 0.15) is 342 Å². The first-order valence-electron chi connectivity index (χ1n) is 35.4. The second-order valence-corrected chi connectivity index (χ2v) is 23.4. The summed E-state index contributed by atoms with van der Waals surface area (Å²) in [6.07, 6.45) is 96.8. The van der Waals surface area contributed by atoms with Gasteiger partial charge in [0.15, 0.2) is 6.10 Å². The highest BCUT2D eigenvalue weighted by molar-refractivity contribution is 5.71. The molecule has 0 bridgehead atoms. The highest BCUT2D eigenvalue weighted by atomic mass is 16.6. The summed E-state index contributed by atoms with van der Waals surface area (Å²) in [6.45, 7) is 6.53. The average Bonchev–Trinajstić information content (AvgIpc) is 3.49. The third-order valence-electron chi connectivity index (χ3n) is 15.2. The van der Waals surface area contributed by atoms with Gasteiger partial charge in [-0.2, -0.15) is 0 Å². The minimum atomic E-state index is -0.789. The van der Waals surface area contributed by atoms with Gasteiger partial charge in [0.05, 0.1) is 0 Å². The third kappa shape index (κ3) is 68.7. The lowest BCUT2D eigenvalue weighted by Crippen LogP contribution is -2.30. The third-order valence-corrected chi connectivity index (χ3v) is 15.2. The van der Waals surface area contributed by atoms with Gasteiger partial charge in [0.25, 0.3) is 0 Å². The molecule has 6 nitrogen and oxygen atoms in total. The Bertz CT molecular complexity index is 1660. The normalized spacial score (nSPS) is 12.8. The molecular formula is C77H132O6. The second-order valence-electron chi connectivity index (χ2n) is 23.4. The standard InChI is InChI=1S/C77H132O6/c1-4-7-10-13-16-19-22-25-28-31-33-34-35-36-37-38-39-40-41-42-43-44-45-47-49-52-55-58-61-64-67-70-76(79)82-73-74(72-81-75(78)69-66-63-60-57-54-51-48-30-27-24-21-18-15-12-9-6-3)83-77(80)71-68-65-62-59-56-53-50-46-32-29-26-23-20-17-14-11-8-5-2/h7,10,16,19-20,23,25,28-30,32-34,36-37,39-40,48,74H,4-6,8-9,11-15,17-18,21-22,24,26-27,31,35,38,41-47,49-73H2,1-3H3/b10-7-,19-16-,23-20-,28-25-,32-29-,34-33-,37-36-,40-39-,48-30-. The van der Waals surface area contributed by atoms with Crippen LogP contribution in [0.4, 0.5) is 0 Å². The van der Waals surface area contributed by atoms with E-state index in [2.05, 4.69) is 130 Å². The molecule has 476 valence electrons. The van der Waals surface area contributed by atoms with Gasteiger partial charge < -0.3 is 14.2 Å². The molecule has 0 rings (SSSR count). The maximum atomic E-state index is 12.9. The Morgan fingerprint density at radius 1 is 0.253 bits per heavy atom. The molecule has 0 saturated carbocycles. The zero-order chi connectivity index (χ0) is 59.9. The number of hydrogen-bond donors (Lipinski definition) is 0. The van der Waals surface area contributed by atoms with Crippen LogP contribution in [-0.2, 0) is 28.6 Å².